The Labute approximate surface area is 149 Å². The van der Waals surface area contributed by atoms with Gasteiger partial charge in [0.2, 0.25) is 11.8 Å². The van der Waals surface area contributed by atoms with Crippen LogP contribution < -0.4 is 5.43 Å². The summed E-state index contributed by atoms with van der Waals surface area (Å²) in [5.74, 6) is -1.99. The van der Waals surface area contributed by atoms with E-state index in [-0.39, 0.29) is 37.8 Å². The lowest BCUT2D eigenvalue weighted by Gasteiger charge is -2.20. The van der Waals surface area contributed by atoms with Crippen LogP contribution in [0.2, 0.25) is 0 Å². The summed E-state index contributed by atoms with van der Waals surface area (Å²) in [6.07, 6.45) is -1.96. The van der Waals surface area contributed by atoms with Gasteiger partial charge in [-0.25, -0.2) is 9.79 Å². The molecule has 0 aromatic heterocycles. The van der Waals surface area contributed by atoms with Crippen LogP contribution in [0.5, 0.6) is 0 Å². The van der Waals surface area contributed by atoms with E-state index in [1.807, 2.05) is 5.43 Å². The standard InChI is InChI=1S/C15H21F3N6O2/c1-4-11(12(25)26-5-2)8-21-14(19)24-7-6-20-13(15(16,17)18)23-22-10(3)9-24/h4,8,19H,5-7,9H2,1-3H3,(H,20,23)/b11-4+,19-14?,21-8?,22-10+. The Morgan fingerprint density at radius 3 is 2.77 bits per heavy atom. The number of alkyl halides is 3. The van der Waals surface area contributed by atoms with Gasteiger partial charge >= 0.3 is 12.1 Å². The number of allylic oxidation sites excluding steroid dienone is 1. The molecule has 0 unspecified atom stereocenters. The van der Waals surface area contributed by atoms with E-state index in [1.54, 1.807) is 13.8 Å². The monoisotopic (exact) mass is 374 g/mol. The Hall–Kier alpha value is -2.72. The van der Waals surface area contributed by atoms with Crippen molar-refractivity contribution in [2.24, 2.45) is 15.1 Å². The van der Waals surface area contributed by atoms with Crippen molar-refractivity contribution >= 4 is 29.7 Å². The molecule has 1 rings (SSSR count). The van der Waals surface area contributed by atoms with Gasteiger partial charge in [-0.1, -0.05) is 6.08 Å². The highest BCUT2D eigenvalue weighted by Crippen LogP contribution is 2.16. The van der Waals surface area contributed by atoms with Crippen LogP contribution in [0.4, 0.5) is 13.2 Å². The number of hydrogen-bond acceptors (Lipinski definition) is 6. The largest absolute Gasteiger partial charge is 0.462 e. The molecule has 1 aliphatic heterocycles. The summed E-state index contributed by atoms with van der Waals surface area (Å²) in [6, 6.07) is 0. The van der Waals surface area contributed by atoms with E-state index in [0.29, 0.717) is 5.71 Å². The Balaban J connectivity index is 2.88. The van der Waals surface area contributed by atoms with E-state index in [9.17, 15) is 18.0 Å². The molecule has 1 heterocycles. The average Bonchev–Trinajstić information content (AvgIpc) is 2.65. The van der Waals surface area contributed by atoms with Crippen molar-refractivity contribution in [1.29, 1.82) is 5.41 Å². The van der Waals surface area contributed by atoms with Crippen LogP contribution in [0.1, 0.15) is 20.8 Å². The number of carbonyl (C=O) groups excluding carboxylic acids is 1. The van der Waals surface area contributed by atoms with Crippen molar-refractivity contribution < 1.29 is 22.7 Å². The lowest BCUT2D eigenvalue weighted by Crippen LogP contribution is -2.35. The second-order valence-electron chi connectivity index (χ2n) is 5.15. The first-order valence-electron chi connectivity index (χ1n) is 7.80. The maximum atomic E-state index is 12.8. The van der Waals surface area contributed by atoms with Gasteiger partial charge in [-0.05, 0) is 20.8 Å². The highest BCUT2D eigenvalue weighted by Gasteiger charge is 2.36. The highest BCUT2D eigenvalue weighted by molar-refractivity contribution is 6.11. The SMILES string of the molecule is C/C=C(\C=NC(=N)N1CCN=C(C(F)(F)F)N/N=C(\C)C1)C(=O)OCC. The predicted octanol–water partition coefficient (Wildman–Crippen LogP) is 1.74. The van der Waals surface area contributed by atoms with Crippen LogP contribution in [0.15, 0.2) is 26.7 Å². The van der Waals surface area contributed by atoms with Crippen molar-refractivity contribution in [3.63, 3.8) is 0 Å². The number of esters is 1. The van der Waals surface area contributed by atoms with Crippen molar-refractivity contribution in [2.75, 3.05) is 26.2 Å². The van der Waals surface area contributed by atoms with E-state index < -0.39 is 18.0 Å². The molecule has 0 saturated heterocycles. The zero-order valence-electron chi connectivity index (χ0n) is 14.7. The van der Waals surface area contributed by atoms with Gasteiger partial charge < -0.3 is 9.64 Å². The number of amidine groups is 1. The Morgan fingerprint density at radius 1 is 1.50 bits per heavy atom. The first-order valence-corrected chi connectivity index (χ1v) is 7.80. The van der Waals surface area contributed by atoms with Crippen LogP contribution in [0, 0.1) is 5.41 Å². The summed E-state index contributed by atoms with van der Waals surface area (Å²) >= 11 is 0. The molecule has 1 aliphatic rings. The second-order valence-corrected chi connectivity index (χ2v) is 5.15. The smallest absolute Gasteiger partial charge is 0.450 e. The lowest BCUT2D eigenvalue weighted by atomic mass is 10.3. The summed E-state index contributed by atoms with van der Waals surface area (Å²) in [5, 5.41) is 11.6. The molecule has 0 atom stereocenters. The van der Waals surface area contributed by atoms with Gasteiger partial charge in [0.1, 0.15) is 0 Å². The Kier molecular flexibility index (Phi) is 7.94. The van der Waals surface area contributed by atoms with Gasteiger partial charge in [-0.2, -0.15) is 18.3 Å². The van der Waals surface area contributed by atoms with Crippen molar-refractivity contribution in [1.82, 2.24) is 10.3 Å². The van der Waals surface area contributed by atoms with E-state index in [4.69, 9.17) is 10.1 Å². The number of hydrogen-bond donors (Lipinski definition) is 2. The average molecular weight is 374 g/mol. The number of nitrogens with zero attached hydrogens (tertiary/aromatic N) is 4. The molecular formula is C15H21F3N6O2. The van der Waals surface area contributed by atoms with Gasteiger partial charge in [0, 0.05) is 12.8 Å². The molecule has 0 radical (unpaired) electrons. The van der Waals surface area contributed by atoms with Crippen LogP contribution in [-0.2, 0) is 9.53 Å². The highest BCUT2D eigenvalue weighted by atomic mass is 19.4. The maximum absolute atomic E-state index is 12.8. The van der Waals surface area contributed by atoms with Crippen LogP contribution >= 0.6 is 0 Å². The molecule has 0 amide bonds. The number of rotatable bonds is 3. The molecule has 26 heavy (non-hydrogen) atoms. The minimum Gasteiger partial charge on any atom is -0.462 e. The number of nitrogens with one attached hydrogen (secondary N) is 2. The summed E-state index contributed by atoms with van der Waals surface area (Å²) < 4.78 is 43.1. The summed E-state index contributed by atoms with van der Waals surface area (Å²) in [7, 11) is 0. The first kappa shape index (κ1) is 21.3. The third-order valence-corrected chi connectivity index (χ3v) is 3.13. The number of ether oxygens (including phenoxy) is 1. The van der Waals surface area contributed by atoms with E-state index >= 15 is 0 Å². The zero-order valence-corrected chi connectivity index (χ0v) is 14.7. The van der Waals surface area contributed by atoms with Gasteiger partial charge in [-0.15, -0.1) is 0 Å². The topological polar surface area (TPSA) is 103 Å². The third kappa shape index (κ3) is 6.65. The van der Waals surface area contributed by atoms with Crippen molar-refractivity contribution in [3.05, 3.63) is 11.6 Å². The van der Waals surface area contributed by atoms with Crippen molar-refractivity contribution in [2.45, 2.75) is 26.9 Å². The Bertz CT molecular complexity index is 652. The molecule has 0 fully saturated rings. The number of hydrazone groups is 1. The number of aliphatic imine (C=N–C) groups is 2. The van der Waals surface area contributed by atoms with Crippen LogP contribution in [0.3, 0.4) is 0 Å². The molecule has 0 aliphatic carbocycles. The molecule has 0 saturated carbocycles. The quantitative estimate of drug-likeness (QED) is 0.340. The third-order valence-electron chi connectivity index (χ3n) is 3.13. The molecule has 144 valence electrons. The summed E-state index contributed by atoms with van der Waals surface area (Å²) in [6.45, 7) is 4.94. The normalized spacial score (nSPS) is 18.8. The summed E-state index contributed by atoms with van der Waals surface area (Å²) in [5.41, 5.74) is 2.40. The minimum atomic E-state index is -4.63. The zero-order chi connectivity index (χ0) is 19.7. The molecule has 0 spiro atoms. The van der Waals surface area contributed by atoms with E-state index in [1.165, 1.54) is 24.1 Å². The molecule has 0 bridgehead atoms. The first-order chi connectivity index (χ1) is 12.2. The molecular weight excluding hydrogens is 353 g/mol. The number of carbonyl (C=O) groups is 1. The maximum Gasteiger partial charge on any atom is 0.450 e. The van der Waals surface area contributed by atoms with Gasteiger partial charge in [0.15, 0.2) is 0 Å². The molecule has 11 heteroatoms. The van der Waals surface area contributed by atoms with Crippen LogP contribution in [-0.4, -0.2) is 67.0 Å². The van der Waals surface area contributed by atoms with E-state index in [2.05, 4.69) is 15.1 Å². The molecule has 0 aromatic rings. The molecule has 0 aromatic carbocycles. The number of guanidine groups is 1. The fourth-order valence-electron chi connectivity index (χ4n) is 1.86. The number of halogens is 3. The summed E-state index contributed by atoms with van der Waals surface area (Å²) in [4.78, 5) is 20.4. The van der Waals surface area contributed by atoms with Crippen LogP contribution in [0.25, 0.3) is 0 Å². The van der Waals surface area contributed by atoms with Crippen molar-refractivity contribution in [3.8, 4) is 0 Å². The lowest BCUT2D eigenvalue weighted by molar-refractivity contribution is -0.137. The van der Waals surface area contributed by atoms with Gasteiger partial charge in [0.25, 0.3) is 0 Å². The fraction of sp³-hybridized carbons (Fsp3) is 0.533. The predicted molar refractivity (Wildman–Crippen MR) is 92.8 cm³/mol. The van der Waals surface area contributed by atoms with E-state index in [0.717, 1.165) is 0 Å². The molecule has 8 nitrogen and oxygen atoms in total. The van der Waals surface area contributed by atoms with Gasteiger partial charge in [-0.3, -0.25) is 15.8 Å². The second kappa shape index (κ2) is 9.68. The minimum absolute atomic E-state index is 0.0366. The molecule has 2 N–H and O–H groups in total. The van der Waals surface area contributed by atoms with Gasteiger partial charge in [0.05, 0.1) is 31.0 Å². The Morgan fingerprint density at radius 2 is 2.19 bits per heavy atom. The fourth-order valence-corrected chi connectivity index (χ4v) is 1.86.